The summed E-state index contributed by atoms with van der Waals surface area (Å²) in [5.74, 6) is 0.734. The first-order chi connectivity index (χ1) is 14.2. The Morgan fingerprint density at radius 2 is 1.97 bits per heavy atom. The quantitative estimate of drug-likeness (QED) is 0.543. The monoisotopic (exact) mass is 425 g/mol. The number of aliphatic imine (C=N–C) groups is 1. The zero-order chi connectivity index (χ0) is 21.8. The van der Waals surface area contributed by atoms with Crippen LogP contribution < -0.4 is 10.6 Å². The van der Waals surface area contributed by atoms with Gasteiger partial charge in [0, 0.05) is 44.2 Å². The number of likely N-dealkylation sites (N-methyl/N-ethyl adjacent to an activating group) is 2. The lowest BCUT2D eigenvalue weighted by atomic mass is 9.64. The van der Waals surface area contributed by atoms with Crippen molar-refractivity contribution in [3.05, 3.63) is 35.4 Å². The lowest BCUT2D eigenvalue weighted by molar-refractivity contribution is -0.137. The SMILES string of the molecule is CCNC(=NCC1(c2cccc(C(F)(F)F)c2)CCC1)NCC1CN(C)CCN1C. The van der Waals surface area contributed by atoms with E-state index in [-0.39, 0.29) is 5.41 Å². The van der Waals surface area contributed by atoms with E-state index < -0.39 is 11.7 Å². The van der Waals surface area contributed by atoms with E-state index in [4.69, 9.17) is 4.99 Å². The Hall–Kier alpha value is -1.80. The summed E-state index contributed by atoms with van der Waals surface area (Å²) in [5.41, 5.74) is -0.132. The molecule has 168 valence electrons. The smallest absolute Gasteiger partial charge is 0.357 e. The highest BCUT2D eigenvalue weighted by atomic mass is 19.4. The van der Waals surface area contributed by atoms with E-state index >= 15 is 0 Å². The second kappa shape index (κ2) is 9.56. The average Bonchev–Trinajstić information content (AvgIpc) is 2.67. The van der Waals surface area contributed by atoms with Crippen LogP contribution >= 0.6 is 0 Å². The molecule has 1 unspecified atom stereocenters. The van der Waals surface area contributed by atoms with Gasteiger partial charge >= 0.3 is 6.18 Å². The predicted octanol–water partition coefficient (Wildman–Crippen LogP) is 2.93. The fraction of sp³-hybridized carbons (Fsp3) is 0.682. The number of nitrogens with one attached hydrogen (secondary N) is 2. The van der Waals surface area contributed by atoms with Crippen molar-refractivity contribution < 1.29 is 13.2 Å². The number of rotatable bonds is 6. The minimum absolute atomic E-state index is 0.300. The summed E-state index contributed by atoms with van der Waals surface area (Å²) in [4.78, 5) is 9.47. The summed E-state index contributed by atoms with van der Waals surface area (Å²) < 4.78 is 39.5. The molecule has 1 atom stereocenters. The Labute approximate surface area is 177 Å². The standard InChI is InChI=1S/C22H34F3N5/c1-4-26-20(27-14-19-15-29(2)11-12-30(19)3)28-16-21(9-6-10-21)17-7-5-8-18(13-17)22(23,24)25/h5,7-8,13,19H,4,6,9-12,14-16H2,1-3H3,(H2,26,27,28). The summed E-state index contributed by atoms with van der Waals surface area (Å²) in [5, 5.41) is 6.72. The van der Waals surface area contributed by atoms with Crippen LogP contribution in [0.5, 0.6) is 0 Å². The number of halogens is 3. The molecule has 1 aliphatic carbocycles. The van der Waals surface area contributed by atoms with E-state index in [2.05, 4.69) is 34.5 Å². The summed E-state index contributed by atoms with van der Waals surface area (Å²) in [6.07, 6.45) is -1.56. The Balaban J connectivity index is 1.69. The van der Waals surface area contributed by atoms with E-state index in [1.54, 1.807) is 0 Å². The van der Waals surface area contributed by atoms with Gasteiger partial charge in [-0.2, -0.15) is 13.2 Å². The van der Waals surface area contributed by atoms with Crippen LogP contribution in [0.15, 0.2) is 29.3 Å². The number of hydrogen-bond donors (Lipinski definition) is 2. The first-order valence-corrected chi connectivity index (χ1v) is 10.8. The van der Waals surface area contributed by atoms with Crippen molar-refractivity contribution in [2.24, 2.45) is 4.99 Å². The molecule has 0 bridgehead atoms. The van der Waals surface area contributed by atoms with Crippen molar-refractivity contribution in [2.75, 3.05) is 53.4 Å². The maximum absolute atomic E-state index is 13.2. The molecule has 0 amide bonds. The van der Waals surface area contributed by atoms with Gasteiger partial charge in [0.05, 0.1) is 12.1 Å². The summed E-state index contributed by atoms with van der Waals surface area (Å²) in [6.45, 7) is 7.13. The predicted molar refractivity (Wildman–Crippen MR) is 115 cm³/mol. The molecule has 2 fully saturated rings. The molecule has 3 rings (SSSR count). The molecule has 1 saturated carbocycles. The molecule has 1 aromatic rings. The Morgan fingerprint density at radius 3 is 2.60 bits per heavy atom. The van der Waals surface area contributed by atoms with Crippen molar-refractivity contribution in [1.82, 2.24) is 20.4 Å². The molecule has 5 nitrogen and oxygen atoms in total. The largest absolute Gasteiger partial charge is 0.416 e. The second-order valence-electron chi connectivity index (χ2n) is 8.69. The average molecular weight is 426 g/mol. The molecule has 30 heavy (non-hydrogen) atoms. The van der Waals surface area contributed by atoms with E-state index in [0.29, 0.717) is 12.6 Å². The van der Waals surface area contributed by atoms with Gasteiger partial charge in [-0.05, 0) is 45.5 Å². The number of benzene rings is 1. The number of alkyl halides is 3. The summed E-state index contributed by atoms with van der Waals surface area (Å²) >= 11 is 0. The maximum atomic E-state index is 13.2. The first kappa shape index (κ1) is 22.9. The van der Waals surface area contributed by atoms with Crippen LogP contribution in [-0.4, -0.2) is 75.2 Å². The van der Waals surface area contributed by atoms with Gasteiger partial charge in [0.15, 0.2) is 5.96 Å². The maximum Gasteiger partial charge on any atom is 0.416 e. The van der Waals surface area contributed by atoms with Gasteiger partial charge in [0.25, 0.3) is 0 Å². The molecular weight excluding hydrogens is 391 g/mol. The van der Waals surface area contributed by atoms with Crippen LogP contribution in [0.3, 0.4) is 0 Å². The molecular formula is C22H34F3N5. The third kappa shape index (κ3) is 5.46. The van der Waals surface area contributed by atoms with Gasteiger partial charge in [-0.3, -0.25) is 9.89 Å². The number of guanidine groups is 1. The lowest BCUT2D eigenvalue weighted by Crippen LogP contribution is -2.55. The Morgan fingerprint density at radius 1 is 1.20 bits per heavy atom. The third-order valence-corrected chi connectivity index (χ3v) is 6.48. The third-order valence-electron chi connectivity index (χ3n) is 6.48. The summed E-state index contributed by atoms with van der Waals surface area (Å²) in [6, 6.07) is 6.18. The van der Waals surface area contributed by atoms with Crippen molar-refractivity contribution in [3.8, 4) is 0 Å². The zero-order valence-corrected chi connectivity index (χ0v) is 18.2. The highest BCUT2D eigenvalue weighted by molar-refractivity contribution is 5.79. The Kier molecular flexibility index (Phi) is 7.29. The fourth-order valence-electron chi connectivity index (χ4n) is 4.28. The van der Waals surface area contributed by atoms with Gasteiger partial charge in [-0.1, -0.05) is 24.6 Å². The van der Waals surface area contributed by atoms with E-state index in [0.717, 1.165) is 69.6 Å². The normalized spacial score (nSPS) is 23.1. The lowest BCUT2D eigenvalue weighted by Gasteiger charge is -2.42. The fourth-order valence-corrected chi connectivity index (χ4v) is 4.28. The van der Waals surface area contributed by atoms with Gasteiger partial charge < -0.3 is 15.5 Å². The number of hydrogen-bond acceptors (Lipinski definition) is 3. The molecule has 2 N–H and O–H groups in total. The molecule has 8 heteroatoms. The van der Waals surface area contributed by atoms with Crippen molar-refractivity contribution in [2.45, 2.75) is 43.8 Å². The number of nitrogens with zero attached hydrogens (tertiary/aromatic N) is 3. The first-order valence-electron chi connectivity index (χ1n) is 10.8. The van der Waals surface area contributed by atoms with Crippen LogP contribution in [-0.2, 0) is 11.6 Å². The van der Waals surface area contributed by atoms with Crippen LogP contribution in [0.25, 0.3) is 0 Å². The van der Waals surface area contributed by atoms with Crippen LogP contribution in [0.1, 0.15) is 37.3 Å². The summed E-state index contributed by atoms with van der Waals surface area (Å²) in [7, 11) is 4.27. The minimum Gasteiger partial charge on any atom is -0.357 e. The van der Waals surface area contributed by atoms with Gasteiger partial charge in [-0.15, -0.1) is 0 Å². The number of piperazine rings is 1. The molecule has 1 saturated heterocycles. The highest BCUT2D eigenvalue weighted by Crippen LogP contribution is 2.45. The molecule has 0 spiro atoms. The molecule has 0 aromatic heterocycles. The van der Waals surface area contributed by atoms with Crippen molar-refractivity contribution in [1.29, 1.82) is 0 Å². The van der Waals surface area contributed by atoms with Gasteiger partial charge in [0.1, 0.15) is 0 Å². The van der Waals surface area contributed by atoms with Crippen molar-refractivity contribution >= 4 is 5.96 Å². The van der Waals surface area contributed by atoms with Crippen LogP contribution in [0.2, 0.25) is 0 Å². The topological polar surface area (TPSA) is 42.9 Å². The molecule has 1 aliphatic heterocycles. The van der Waals surface area contributed by atoms with E-state index in [1.807, 2.05) is 13.0 Å². The Bertz CT molecular complexity index is 730. The molecule has 2 aliphatic rings. The minimum atomic E-state index is -4.32. The molecule has 1 aromatic carbocycles. The van der Waals surface area contributed by atoms with Crippen LogP contribution in [0.4, 0.5) is 13.2 Å². The van der Waals surface area contributed by atoms with Crippen LogP contribution in [0, 0.1) is 0 Å². The van der Waals surface area contributed by atoms with E-state index in [9.17, 15) is 13.2 Å². The highest BCUT2D eigenvalue weighted by Gasteiger charge is 2.40. The van der Waals surface area contributed by atoms with Gasteiger partial charge in [0.2, 0.25) is 0 Å². The van der Waals surface area contributed by atoms with E-state index in [1.165, 1.54) is 12.1 Å². The molecule has 1 heterocycles. The zero-order valence-electron chi connectivity index (χ0n) is 18.2. The van der Waals surface area contributed by atoms with Crippen molar-refractivity contribution in [3.63, 3.8) is 0 Å². The molecule has 0 radical (unpaired) electrons. The second-order valence-corrected chi connectivity index (χ2v) is 8.69. The van der Waals surface area contributed by atoms with Gasteiger partial charge in [-0.25, -0.2) is 0 Å².